The van der Waals surface area contributed by atoms with Crippen molar-refractivity contribution in [3.63, 3.8) is 0 Å². The molecule has 0 saturated heterocycles. The summed E-state index contributed by atoms with van der Waals surface area (Å²) in [5, 5.41) is 3.70. The van der Waals surface area contributed by atoms with E-state index >= 15 is 0 Å². The molecule has 0 spiro atoms. The summed E-state index contributed by atoms with van der Waals surface area (Å²) < 4.78 is 0. The van der Waals surface area contributed by atoms with Gasteiger partial charge >= 0.3 is 0 Å². The van der Waals surface area contributed by atoms with E-state index < -0.39 is 0 Å². The third kappa shape index (κ3) is 5.10. The fraction of sp³-hybridized carbons (Fsp3) is 0.235. The number of carbonyl (C=O) groups excluding carboxylic acids is 1. The van der Waals surface area contributed by atoms with Crippen molar-refractivity contribution in [3.8, 4) is 0 Å². The molecule has 0 heterocycles. The average Bonchev–Trinajstić information content (AvgIpc) is 2.45. The van der Waals surface area contributed by atoms with E-state index in [4.69, 9.17) is 11.6 Å². The van der Waals surface area contributed by atoms with E-state index in [1.807, 2.05) is 56.3 Å². The van der Waals surface area contributed by atoms with Gasteiger partial charge in [0.25, 0.3) is 0 Å². The summed E-state index contributed by atoms with van der Waals surface area (Å²) >= 11 is 7.44. The molecule has 2 nitrogen and oxygen atoms in total. The van der Waals surface area contributed by atoms with E-state index in [1.54, 1.807) is 11.8 Å². The van der Waals surface area contributed by atoms with Crippen LogP contribution in [0.25, 0.3) is 0 Å². The zero-order valence-electron chi connectivity index (χ0n) is 12.2. The van der Waals surface area contributed by atoms with Gasteiger partial charge in [0.05, 0.1) is 5.75 Å². The molecule has 1 N–H and O–H groups in total. The molecule has 0 aliphatic heterocycles. The SMILES string of the molecule is Cc1ccc(C)c(NC(=O)CSCc2ccc(Cl)cc2)c1. The van der Waals surface area contributed by atoms with Gasteiger partial charge in [0, 0.05) is 16.5 Å². The van der Waals surface area contributed by atoms with Crippen LogP contribution in [-0.2, 0) is 10.5 Å². The monoisotopic (exact) mass is 319 g/mol. The van der Waals surface area contributed by atoms with E-state index in [1.165, 1.54) is 5.56 Å². The highest BCUT2D eigenvalue weighted by atomic mass is 35.5. The minimum Gasteiger partial charge on any atom is -0.325 e. The summed E-state index contributed by atoms with van der Waals surface area (Å²) in [7, 11) is 0. The van der Waals surface area contributed by atoms with E-state index in [-0.39, 0.29) is 5.91 Å². The highest BCUT2D eigenvalue weighted by Crippen LogP contribution is 2.18. The number of benzene rings is 2. The molecule has 0 atom stereocenters. The van der Waals surface area contributed by atoms with Gasteiger partial charge < -0.3 is 5.32 Å². The van der Waals surface area contributed by atoms with Gasteiger partial charge in [-0.2, -0.15) is 0 Å². The van der Waals surface area contributed by atoms with Crippen LogP contribution in [-0.4, -0.2) is 11.7 Å². The molecule has 0 saturated carbocycles. The Bertz CT molecular complexity index is 625. The molecule has 0 aliphatic carbocycles. The molecule has 110 valence electrons. The molecule has 2 aromatic carbocycles. The number of anilines is 1. The van der Waals surface area contributed by atoms with Gasteiger partial charge in [0.2, 0.25) is 5.91 Å². The van der Waals surface area contributed by atoms with Crippen molar-refractivity contribution in [2.75, 3.05) is 11.1 Å². The normalized spacial score (nSPS) is 10.4. The number of rotatable bonds is 5. The minimum atomic E-state index is 0.0302. The molecule has 0 radical (unpaired) electrons. The molecule has 4 heteroatoms. The predicted octanol–water partition coefficient (Wildman–Crippen LogP) is 4.83. The zero-order valence-corrected chi connectivity index (χ0v) is 13.7. The van der Waals surface area contributed by atoms with Crippen LogP contribution in [0.2, 0.25) is 5.02 Å². The quantitative estimate of drug-likeness (QED) is 0.855. The first-order valence-corrected chi connectivity index (χ1v) is 8.27. The summed E-state index contributed by atoms with van der Waals surface area (Å²) in [6, 6.07) is 13.8. The van der Waals surface area contributed by atoms with Gasteiger partial charge in [-0.1, -0.05) is 35.9 Å². The van der Waals surface area contributed by atoms with E-state index in [9.17, 15) is 4.79 Å². The molecule has 2 rings (SSSR count). The Morgan fingerprint density at radius 3 is 2.57 bits per heavy atom. The number of halogens is 1. The third-order valence-electron chi connectivity index (χ3n) is 3.08. The number of carbonyl (C=O) groups is 1. The Labute approximate surface area is 134 Å². The van der Waals surface area contributed by atoms with Crippen molar-refractivity contribution in [1.82, 2.24) is 0 Å². The average molecular weight is 320 g/mol. The van der Waals surface area contributed by atoms with Crippen LogP contribution in [0, 0.1) is 13.8 Å². The molecule has 2 aromatic rings. The smallest absolute Gasteiger partial charge is 0.234 e. The van der Waals surface area contributed by atoms with Gasteiger partial charge in [-0.15, -0.1) is 11.8 Å². The van der Waals surface area contributed by atoms with Gasteiger partial charge in [0.15, 0.2) is 0 Å². The number of hydrogen-bond donors (Lipinski definition) is 1. The van der Waals surface area contributed by atoms with Crippen LogP contribution in [0.5, 0.6) is 0 Å². The molecule has 0 aromatic heterocycles. The Morgan fingerprint density at radius 2 is 1.86 bits per heavy atom. The molecule has 0 aliphatic rings. The summed E-state index contributed by atoms with van der Waals surface area (Å²) in [5.74, 6) is 1.27. The van der Waals surface area contributed by atoms with E-state index in [0.717, 1.165) is 27.6 Å². The highest BCUT2D eigenvalue weighted by Gasteiger charge is 2.05. The maximum atomic E-state index is 12.0. The first-order valence-electron chi connectivity index (χ1n) is 6.74. The van der Waals surface area contributed by atoms with Crippen LogP contribution < -0.4 is 5.32 Å². The number of aryl methyl sites for hydroxylation is 2. The van der Waals surface area contributed by atoms with Crippen LogP contribution in [0.4, 0.5) is 5.69 Å². The number of nitrogens with one attached hydrogen (secondary N) is 1. The van der Waals surface area contributed by atoms with Gasteiger partial charge in [-0.3, -0.25) is 4.79 Å². The number of hydrogen-bond acceptors (Lipinski definition) is 2. The first kappa shape index (κ1) is 15.9. The minimum absolute atomic E-state index is 0.0302. The lowest BCUT2D eigenvalue weighted by Crippen LogP contribution is -2.15. The van der Waals surface area contributed by atoms with E-state index in [0.29, 0.717) is 5.75 Å². The standard InChI is InChI=1S/C17H18ClNOS/c1-12-3-4-13(2)16(9-12)19-17(20)11-21-10-14-5-7-15(18)8-6-14/h3-9H,10-11H2,1-2H3,(H,19,20). The molecule has 0 unspecified atom stereocenters. The Kier molecular flexibility index (Phi) is 5.71. The highest BCUT2D eigenvalue weighted by molar-refractivity contribution is 7.99. The van der Waals surface area contributed by atoms with Crippen LogP contribution in [0.3, 0.4) is 0 Å². The second-order valence-corrected chi connectivity index (χ2v) is 6.41. The first-order chi connectivity index (χ1) is 10.0. The fourth-order valence-corrected chi connectivity index (χ4v) is 2.81. The lowest BCUT2D eigenvalue weighted by atomic mass is 10.1. The Hall–Kier alpha value is -1.45. The predicted molar refractivity (Wildman–Crippen MR) is 92.2 cm³/mol. The summed E-state index contributed by atoms with van der Waals surface area (Å²) in [6.45, 7) is 4.01. The third-order valence-corrected chi connectivity index (χ3v) is 4.34. The Morgan fingerprint density at radius 1 is 1.14 bits per heavy atom. The molecular weight excluding hydrogens is 302 g/mol. The molecule has 0 fully saturated rings. The second-order valence-electron chi connectivity index (χ2n) is 4.99. The van der Waals surface area contributed by atoms with Crippen molar-refractivity contribution >= 4 is 35.0 Å². The van der Waals surface area contributed by atoms with Gasteiger partial charge in [0.1, 0.15) is 0 Å². The summed E-state index contributed by atoms with van der Waals surface area (Å²) in [6.07, 6.45) is 0. The molecule has 21 heavy (non-hydrogen) atoms. The summed E-state index contributed by atoms with van der Waals surface area (Å²) in [5.41, 5.74) is 4.29. The topological polar surface area (TPSA) is 29.1 Å². The van der Waals surface area contributed by atoms with Crippen LogP contribution >= 0.6 is 23.4 Å². The van der Waals surface area contributed by atoms with Crippen molar-refractivity contribution in [1.29, 1.82) is 0 Å². The summed E-state index contributed by atoms with van der Waals surface area (Å²) in [4.78, 5) is 12.0. The van der Waals surface area contributed by atoms with Crippen LogP contribution in [0.15, 0.2) is 42.5 Å². The van der Waals surface area contributed by atoms with Gasteiger partial charge in [-0.25, -0.2) is 0 Å². The van der Waals surface area contributed by atoms with Crippen LogP contribution in [0.1, 0.15) is 16.7 Å². The van der Waals surface area contributed by atoms with Crippen molar-refractivity contribution in [2.45, 2.75) is 19.6 Å². The zero-order chi connectivity index (χ0) is 15.2. The van der Waals surface area contributed by atoms with Crippen molar-refractivity contribution in [2.24, 2.45) is 0 Å². The van der Waals surface area contributed by atoms with Gasteiger partial charge in [-0.05, 0) is 48.7 Å². The Balaban J connectivity index is 1.82. The lowest BCUT2D eigenvalue weighted by Gasteiger charge is -2.09. The second kappa shape index (κ2) is 7.53. The lowest BCUT2D eigenvalue weighted by molar-refractivity contribution is -0.113. The number of amides is 1. The van der Waals surface area contributed by atoms with Crippen molar-refractivity contribution < 1.29 is 4.79 Å². The largest absolute Gasteiger partial charge is 0.325 e. The maximum absolute atomic E-state index is 12.0. The van der Waals surface area contributed by atoms with Crippen molar-refractivity contribution in [3.05, 3.63) is 64.2 Å². The molecule has 1 amide bonds. The molecular formula is C17H18ClNOS. The maximum Gasteiger partial charge on any atom is 0.234 e. The fourth-order valence-electron chi connectivity index (χ4n) is 1.90. The van der Waals surface area contributed by atoms with E-state index in [2.05, 4.69) is 5.32 Å². The number of thioether (sulfide) groups is 1. The molecule has 0 bridgehead atoms.